The van der Waals surface area contributed by atoms with Gasteiger partial charge in [0, 0.05) is 19.6 Å². The van der Waals surface area contributed by atoms with Gasteiger partial charge in [-0.3, -0.25) is 4.99 Å². The second kappa shape index (κ2) is 6.89. The highest BCUT2D eigenvalue weighted by atomic mass is 16.5. The molecule has 4 heteroatoms. The summed E-state index contributed by atoms with van der Waals surface area (Å²) in [6, 6.07) is 6.55. The van der Waals surface area contributed by atoms with Crippen LogP contribution in [0.5, 0.6) is 5.75 Å². The number of benzene rings is 1. The molecule has 0 aliphatic rings. The fourth-order valence-corrected chi connectivity index (χ4v) is 1.70. The summed E-state index contributed by atoms with van der Waals surface area (Å²) in [6.45, 7) is 6.96. The predicted molar refractivity (Wildman–Crippen MR) is 76.2 cm³/mol. The van der Waals surface area contributed by atoms with Crippen molar-refractivity contribution >= 4 is 5.96 Å². The maximum absolute atomic E-state index is 5.26. The summed E-state index contributed by atoms with van der Waals surface area (Å²) in [5.41, 5.74) is 2.37. The minimum absolute atomic E-state index is 0.364. The number of nitrogens with one attached hydrogen (secondary N) is 2. The monoisotopic (exact) mass is 249 g/mol. The van der Waals surface area contributed by atoms with Gasteiger partial charge in [-0.1, -0.05) is 6.07 Å². The van der Waals surface area contributed by atoms with E-state index in [1.165, 1.54) is 11.1 Å². The van der Waals surface area contributed by atoms with E-state index in [4.69, 9.17) is 4.74 Å². The molecule has 100 valence electrons. The van der Waals surface area contributed by atoms with Gasteiger partial charge in [-0.05, 0) is 44.0 Å². The Morgan fingerprint density at radius 2 is 2.06 bits per heavy atom. The number of guanidine groups is 1. The Balaban J connectivity index is 2.65. The zero-order chi connectivity index (χ0) is 13.5. The lowest BCUT2D eigenvalue weighted by atomic mass is 10.1. The highest BCUT2D eigenvalue weighted by Crippen LogP contribution is 2.16. The van der Waals surface area contributed by atoms with Crippen LogP contribution in [-0.2, 0) is 6.54 Å². The molecule has 0 unspecified atom stereocenters. The highest BCUT2D eigenvalue weighted by molar-refractivity contribution is 5.79. The van der Waals surface area contributed by atoms with Crippen LogP contribution in [0.25, 0.3) is 0 Å². The van der Waals surface area contributed by atoms with Gasteiger partial charge in [-0.25, -0.2) is 0 Å². The second-order valence-electron chi connectivity index (χ2n) is 4.58. The van der Waals surface area contributed by atoms with Crippen molar-refractivity contribution < 1.29 is 4.74 Å². The third kappa shape index (κ3) is 4.65. The van der Waals surface area contributed by atoms with Gasteiger partial charge >= 0.3 is 0 Å². The van der Waals surface area contributed by atoms with Crippen LogP contribution < -0.4 is 15.4 Å². The summed E-state index contributed by atoms with van der Waals surface area (Å²) in [5.74, 6) is 1.70. The lowest BCUT2D eigenvalue weighted by Crippen LogP contribution is -2.40. The summed E-state index contributed by atoms with van der Waals surface area (Å²) < 4.78 is 5.26. The third-order valence-corrected chi connectivity index (χ3v) is 2.46. The molecule has 0 fully saturated rings. The van der Waals surface area contributed by atoms with E-state index < -0.39 is 0 Å². The topological polar surface area (TPSA) is 45.7 Å². The van der Waals surface area contributed by atoms with Crippen molar-refractivity contribution in [2.24, 2.45) is 4.99 Å². The lowest BCUT2D eigenvalue weighted by molar-refractivity contribution is 0.414. The quantitative estimate of drug-likeness (QED) is 0.634. The van der Waals surface area contributed by atoms with Gasteiger partial charge in [0.15, 0.2) is 5.96 Å². The Labute approximate surface area is 109 Å². The van der Waals surface area contributed by atoms with Crippen LogP contribution in [0, 0.1) is 6.92 Å². The minimum Gasteiger partial charge on any atom is -0.497 e. The number of hydrogen-bond acceptors (Lipinski definition) is 2. The van der Waals surface area contributed by atoms with Crippen molar-refractivity contribution in [1.29, 1.82) is 0 Å². The number of ether oxygens (including phenoxy) is 1. The van der Waals surface area contributed by atoms with Crippen LogP contribution in [0.3, 0.4) is 0 Å². The van der Waals surface area contributed by atoms with Gasteiger partial charge in [-0.15, -0.1) is 0 Å². The number of aryl methyl sites for hydroxylation is 1. The van der Waals surface area contributed by atoms with E-state index >= 15 is 0 Å². The first-order valence-electron chi connectivity index (χ1n) is 6.17. The normalized spacial score (nSPS) is 11.6. The number of rotatable bonds is 4. The van der Waals surface area contributed by atoms with E-state index in [1.54, 1.807) is 14.2 Å². The van der Waals surface area contributed by atoms with Crippen molar-refractivity contribution in [1.82, 2.24) is 10.6 Å². The molecule has 0 heterocycles. The number of methoxy groups -OCH3 is 1. The average Bonchev–Trinajstić information content (AvgIpc) is 2.33. The molecule has 0 saturated heterocycles. The van der Waals surface area contributed by atoms with Gasteiger partial charge < -0.3 is 15.4 Å². The van der Waals surface area contributed by atoms with Crippen molar-refractivity contribution in [2.45, 2.75) is 33.4 Å². The van der Waals surface area contributed by atoms with Crippen molar-refractivity contribution in [3.05, 3.63) is 29.3 Å². The molecule has 1 rings (SSSR count). The smallest absolute Gasteiger partial charge is 0.191 e. The molecular weight excluding hydrogens is 226 g/mol. The molecule has 0 aromatic heterocycles. The summed E-state index contributed by atoms with van der Waals surface area (Å²) >= 11 is 0. The number of aliphatic imine (C=N–C) groups is 1. The molecule has 0 saturated carbocycles. The average molecular weight is 249 g/mol. The second-order valence-corrected chi connectivity index (χ2v) is 4.58. The molecular formula is C14H23N3O. The maximum Gasteiger partial charge on any atom is 0.191 e. The number of nitrogens with zero attached hydrogens (tertiary/aromatic N) is 1. The minimum atomic E-state index is 0.364. The molecule has 0 spiro atoms. The van der Waals surface area contributed by atoms with Crippen molar-refractivity contribution in [3.63, 3.8) is 0 Å². The molecule has 1 aromatic rings. The van der Waals surface area contributed by atoms with Crippen LogP contribution in [-0.4, -0.2) is 26.2 Å². The third-order valence-electron chi connectivity index (χ3n) is 2.46. The first-order valence-corrected chi connectivity index (χ1v) is 6.17. The summed E-state index contributed by atoms with van der Waals surface area (Å²) in [7, 11) is 3.46. The molecule has 2 N–H and O–H groups in total. The molecule has 18 heavy (non-hydrogen) atoms. The molecule has 0 atom stereocenters. The molecule has 0 radical (unpaired) electrons. The standard InChI is InChI=1S/C14H23N3O/c1-10(2)17-14(15-4)16-9-12-6-11(3)7-13(8-12)18-5/h6-8,10H,9H2,1-5H3,(H2,15,16,17). The molecule has 0 aliphatic heterocycles. The van der Waals surface area contributed by atoms with Crippen molar-refractivity contribution in [3.8, 4) is 5.75 Å². The Hall–Kier alpha value is -1.71. The lowest BCUT2D eigenvalue weighted by Gasteiger charge is -2.15. The van der Waals surface area contributed by atoms with Crippen LogP contribution in [0.1, 0.15) is 25.0 Å². The van der Waals surface area contributed by atoms with E-state index in [9.17, 15) is 0 Å². The first kappa shape index (κ1) is 14.4. The van der Waals surface area contributed by atoms with E-state index in [0.29, 0.717) is 6.04 Å². The summed E-state index contributed by atoms with van der Waals surface area (Å²) in [5, 5.41) is 6.53. The Kier molecular flexibility index (Phi) is 5.49. The fraction of sp³-hybridized carbons (Fsp3) is 0.500. The van der Waals surface area contributed by atoms with E-state index in [2.05, 4.69) is 42.5 Å². The van der Waals surface area contributed by atoms with E-state index in [0.717, 1.165) is 18.3 Å². The van der Waals surface area contributed by atoms with Crippen LogP contribution in [0.15, 0.2) is 23.2 Å². The van der Waals surface area contributed by atoms with Gasteiger partial charge in [0.25, 0.3) is 0 Å². The van der Waals surface area contributed by atoms with Gasteiger partial charge in [0.05, 0.1) is 7.11 Å². The van der Waals surface area contributed by atoms with Gasteiger partial charge in [0.1, 0.15) is 5.75 Å². The fourth-order valence-electron chi connectivity index (χ4n) is 1.70. The zero-order valence-corrected chi connectivity index (χ0v) is 11.9. The molecule has 4 nitrogen and oxygen atoms in total. The Bertz CT molecular complexity index is 414. The molecule has 0 bridgehead atoms. The zero-order valence-electron chi connectivity index (χ0n) is 11.9. The van der Waals surface area contributed by atoms with E-state index in [1.807, 2.05) is 12.1 Å². The molecule has 0 aliphatic carbocycles. The maximum atomic E-state index is 5.26. The summed E-state index contributed by atoms with van der Waals surface area (Å²) in [4.78, 5) is 4.17. The summed E-state index contributed by atoms with van der Waals surface area (Å²) in [6.07, 6.45) is 0. The van der Waals surface area contributed by atoms with Gasteiger partial charge in [0.2, 0.25) is 0 Å². The van der Waals surface area contributed by atoms with Crippen LogP contribution in [0.2, 0.25) is 0 Å². The van der Waals surface area contributed by atoms with Crippen molar-refractivity contribution in [2.75, 3.05) is 14.2 Å². The van der Waals surface area contributed by atoms with E-state index in [-0.39, 0.29) is 0 Å². The predicted octanol–water partition coefficient (Wildman–Crippen LogP) is 2.08. The Morgan fingerprint density at radius 3 is 2.61 bits per heavy atom. The van der Waals surface area contributed by atoms with Gasteiger partial charge in [-0.2, -0.15) is 0 Å². The Morgan fingerprint density at radius 1 is 1.33 bits per heavy atom. The SMILES string of the molecule is CN=C(NCc1cc(C)cc(OC)c1)NC(C)C. The largest absolute Gasteiger partial charge is 0.497 e. The first-order chi connectivity index (χ1) is 8.55. The number of hydrogen-bond donors (Lipinski definition) is 2. The highest BCUT2D eigenvalue weighted by Gasteiger charge is 2.02. The molecule has 0 amide bonds. The molecule has 1 aromatic carbocycles. The van der Waals surface area contributed by atoms with Crippen LogP contribution >= 0.6 is 0 Å². The van der Waals surface area contributed by atoms with Crippen LogP contribution in [0.4, 0.5) is 0 Å².